The summed E-state index contributed by atoms with van der Waals surface area (Å²) in [5.41, 5.74) is 5.82. The number of carbonyl (C=O) groups is 1. The van der Waals surface area contributed by atoms with Crippen molar-refractivity contribution in [3.05, 3.63) is 22.4 Å². The Morgan fingerprint density at radius 2 is 2.38 bits per heavy atom. The van der Waals surface area contributed by atoms with Crippen molar-refractivity contribution in [1.29, 1.82) is 0 Å². The van der Waals surface area contributed by atoms with Gasteiger partial charge in [-0.15, -0.1) is 11.3 Å². The number of amides is 1. The maximum absolute atomic E-state index is 11.6. The van der Waals surface area contributed by atoms with Gasteiger partial charge < -0.3 is 11.1 Å². The molecule has 1 rings (SSSR count). The van der Waals surface area contributed by atoms with Gasteiger partial charge >= 0.3 is 0 Å². The van der Waals surface area contributed by atoms with Gasteiger partial charge in [0.05, 0.1) is 6.04 Å². The van der Waals surface area contributed by atoms with E-state index in [0.29, 0.717) is 6.42 Å². The van der Waals surface area contributed by atoms with Gasteiger partial charge in [-0.05, 0) is 24.8 Å². The lowest BCUT2D eigenvalue weighted by Crippen LogP contribution is -2.32. The molecule has 4 heteroatoms. The minimum atomic E-state index is -0.0134. The first-order valence-electron chi connectivity index (χ1n) is 5.71. The standard InChI is InChI=1S/C12H20N2OS/c1-3-5-10(13)8-12(15)14-9(2)11-6-4-7-16-11/h4,6-7,9-10H,3,5,8,13H2,1-2H3,(H,14,15). The molecule has 0 aliphatic heterocycles. The molecule has 0 bridgehead atoms. The summed E-state index contributed by atoms with van der Waals surface area (Å²) in [6.07, 6.45) is 2.35. The third-order valence-corrected chi connectivity index (χ3v) is 3.51. The summed E-state index contributed by atoms with van der Waals surface area (Å²) >= 11 is 1.66. The second kappa shape index (κ2) is 6.66. The molecular weight excluding hydrogens is 220 g/mol. The molecule has 0 spiro atoms. The van der Waals surface area contributed by atoms with E-state index in [2.05, 4.69) is 12.2 Å². The fraction of sp³-hybridized carbons (Fsp3) is 0.583. The predicted molar refractivity (Wildman–Crippen MR) is 68.4 cm³/mol. The van der Waals surface area contributed by atoms with Crippen LogP contribution in [0.1, 0.15) is 44.0 Å². The van der Waals surface area contributed by atoms with Crippen LogP contribution in [0.5, 0.6) is 0 Å². The Bertz CT molecular complexity index is 311. The van der Waals surface area contributed by atoms with E-state index < -0.39 is 0 Å². The van der Waals surface area contributed by atoms with E-state index in [1.54, 1.807) is 11.3 Å². The molecule has 1 aromatic rings. The monoisotopic (exact) mass is 240 g/mol. The maximum Gasteiger partial charge on any atom is 0.222 e. The Kier molecular flexibility index (Phi) is 5.49. The van der Waals surface area contributed by atoms with E-state index in [-0.39, 0.29) is 18.0 Å². The van der Waals surface area contributed by atoms with Gasteiger partial charge in [0, 0.05) is 17.3 Å². The lowest BCUT2D eigenvalue weighted by atomic mass is 10.1. The van der Waals surface area contributed by atoms with Crippen molar-refractivity contribution in [2.45, 2.75) is 45.2 Å². The first-order valence-corrected chi connectivity index (χ1v) is 6.59. The highest BCUT2D eigenvalue weighted by Gasteiger charge is 2.12. The van der Waals surface area contributed by atoms with Crippen LogP contribution in [0.15, 0.2) is 17.5 Å². The summed E-state index contributed by atoms with van der Waals surface area (Å²) in [6.45, 7) is 4.07. The van der Waals surface area contributed by atoms with Crippen molar-refractivity contribution in [3.63, 3.8) is 0 Å². The minimum absolute atomic E-state index is 0.0134. The molecule has 1 aromatic heterocycles. The lowest BCUT2D eigenvalue weighted by molar-refractivity contribution is -0.122. The van der Waals surface area contributed by atoms with E-state index in [9.17, 15) is 4.79 Å². The Morgan fingerprint density at radius 3 is 2.94 bits per heavy atom. The van der Waals surface area contributed by atoms with E-state index in [0.717, 1.165) is 12.8 Å². The van der Waals surface area contributed by atoms with E-state index >= 15 is 0 Å². The quantitative estimate of drug-likeness (QED) is 0.802. The van der Waals surface area contributed by atoms with E-state index in [1.165, 1.54) is 4.88 Å². The zero-order chi connectivity index (χ0) is 12.0. The molecule has 1 amide bonds. The molecule has 90 valence electrons. The van der Waals surface area contributed by atoms with Crippen LogP contribution < -0.4 is 11.1 Å². The summed E-state index contributed by atoms with van der Waals surface area (Å²) in [4.78, 5) is 12.8. The zero-order valence-electron chi connectivity index (χ0n) is 9.90. The molecule has 2 atom stereocenters. The maximum atomic E-state index is 11.6. The zero-order valence-corrected chi connectivity index (χ0v) is 10.7. The van der Waals surface area contributed by atoms with E-state index in [4.69, 9.17) is 5.73 Å². The van der Waals surface area contributed by atoms with Gasteiger partial charge in [-0.2, -0.15) is 0 Å². The molecule has 3 N–H and O–H groups in total. The van der Waals surface area contributed by atoms with Gasteiger partial charge in [-0.3, -0.25) is 4.79 Å². The Balaban J connectivity index is 2.34. The summed E-state index contributed by atoms with van der Waals surface area (Å²) in [5.74, 6) is 0.0434. The topological polar surface area (TPSA) is 55.1 Å². The first-order chi connectivity index (χ1) is 7.63. The van der Waals surface area contributed by atoms with Crippen molar-refractivity contribution in [1.82, 2.24) is 5.32 Å². The number of nitrogens with one attached hydrogen (secondary N) is 1. The number of thiophene rings is 1. The first kappa shape index (κ1) is 13.2. The van der Waals surface area contributed by atoms with Crippen LogP contribution in [0.25, 0.3) is 0 Å². The number of carbonyl (C=O) groups excluding carboxylic acids is 1. The number of rotatable bonds is 6. The van der Waals surface area contributed by atoms with Crippen LogP contribution in [-0.2, 0) is 4.79 Å². The normalized spacial score (nSPS) is 14.4. The van der Waals surface area contributed by atoms with Crippen LogP contribution in [0, 0.1) is 0 Å². The molecule has 16 heavy (non-hydrogen) atoms. The fourth-order valence-electron chi connectivity index (χ4n) is 1.62. The summed E-state index contributed by atoms with van der Waals surface area (Å²) in [5, 5.41) is 4.98. The number of hydrogen-bond acceptors (Lipinski definition) is 3. The molecule has 0 saturated carbocycles. The molecule has 0 fully saturated rings. The predicted octanol–water partition coefficient (Wildman–Crippen LogP) is 2.44. The molecule has 0 radical (unpaired) electrons. The van der Waals surface area contributed by atoms with Crippen LogP contribution >= 0.6 is 11.3 Å². The highest BCUT2D eigenvalue weighted by molar-refractivity contribution is 7.10. The summed E-state index contributed by atoms with van der Waals surface area (Å²) in [6, 6.07) is 4.09. The van der Waals surface area contributed by atoms with Gasteiger partial charge in [-0.25, -0.2) is 0 Å². The van der Waals surface area contributed by atoms with Gasteiger partial charge in [-0.1, -0.05) is 19.4 Å². The lowest BCUT2D eigenvalue weighted by Gasteiger charge is -2.14. The van der Waals surface area contributed by atoms with Crippen LogP contribution in [0.3, 0.4) is 0 Å². The molecule has 3 nitrogen and oxygen atoms in total. The molecule has 0 aliphatic rings. The smallest absolute Gasteiger partial charge is 0.222 e. The molecule has 0 aromatic carbocycles. The Morgan fingerprint density at radius 1 is 1.62 bits per heavy atom. The highest BCUT2D eigenvalue weighted by atomic mass is 32.1. The largest absolute Gasteiger partial charge is 0.349 e. The van der Waals surface area contributed by atoms with Gasteiger partial charge in [0.2, 0.25) is 5.91 Å². The van der Waals surface area contributed by atoms with E-state index in [1.807, 2.05) is 24.4 Å². The van der Waals surface area contributed by atoms with Crippen LogP contribution in [-0.4, -0.2) is 11.9 Å². The number of hydrogen-bond donors (Lipinski definition) is 2. The Hall–Kier alpha value is -0.870. The molecule has 2 unspecified atom stereocenters. The number of nitrogens with two attached hydrogens (primary N) is 1. The average molecular weight is 240 g/mol. The van der Waals surface area contributed by atoms with Crippen molar-refractivity contribution >= 4 is 17.2 Å². The second-order valence-corrected chi connectivity index (χ2v) is 5.04. The van der Waals surface area contributed by atoms with Crippen molar-refractivity contribution in [2.24, 2.45) is 5.73 Å². The SMILES string of the molecule is CCCC(N)CC(=O)NC(C)c1cccs1. The second-order valence-electron chi connectivity index (χ2n) is 4.06. The van der Waals surface area contributed by atoms with Gasteiger partial charge in [0.25, 0.3) is 0 Å². The van der Waals surface area contributed by atoms with Crippen molar-refractivity contribution in [3.8, 4) is 0 Å². The molecule has 1 heterocycles. The third-order valence-electron chi connectivity index (χ3n) is 2.45. The average Bonchev–Trinajstić information content (AvgIpc) is 2.69. The van der Waals surface area contributed by atoms with Crippen molar-refractivity contribution < 1.29 is 4.79 Å². The Labute approximate surface area is 101 Å². The van der Waals surface area contributed by atoms with Gasteiger partial charge in [0.1, 0.15) is 0 Å². The summed E-state index contributed by atoms with van der Waals surface area (Å²) < 4.78 is 0. The van der Waals surface area contributed by atoms with Gasteiger partial charge in [0.15, 0.2) is 0 Å². The third kappa shape index (κ3) is 4.33. The molecular formula is C12H20N2OS. The molecule has 0 saturated heterocycles. The molecule has 0 aliphatic carbocycles. The fourth-order valence-corrected chi connectivity index (χ4v) is 2.35. The highest BCUT2D eigenvalue weighted by Crippen LogP contribution is 2.18. The van der Waals surface area contributed by atoms with Crippen molar-refractivity contribution in [2.75, 3.05) is 0 Å². The van der Waals surface area contributed by atoms with Crippen LogP contribution in [0.4, 0.5) is 0 Å². The summed E-state index contributed by atoms with van der Waals surface area (Å²) in [7, 11) is 0. The van der Waals surface area contributed by atoms with Crippen LogP contribution in [0.2, 0.25) is 0 Å². The minimum Gasteiger partial charge on any atom is -0.349 e.